The maximum atomic E-state index is 3.73. The summed E-state index contributed by atoms with van der Waals surface area (Å²) in [7, 11) is 4.29. The predicted octanol–water partition coefficient (Wildman–Crippen LogP) is 1.79. The van der Waals surface area contributed by atoms with Gasteiger partial charge < -0.3 is 15.1 Å². The fourth-order valence-corrected chi connectivity index (χ4v) is 2.60. The second kappa shape index (κ2) is 8.90. The van der Waals surface area contributed by atoms with E-state index in [0.29, 0.717) is 0 Å². The third kappa shape index (κ3) is 7.02. The van der Waals surface area contributed by atoms with Crippen LogP contribution in [0.15, 0.2) is 0 Å². The molecule has 102 valence electrons. The first-order valence-electron chi connectivity index (χ1n) is 7.33. The summed E-state index contributed by atoms with van der Waals surface area (Å²) in [6.07, 6.45) is 6.62. The van der Waals surface area contributed by atoms with Gasteiger partial charge in [-0.25, -0.2) is 0 Å². The standard InChI is InChI=1S/C14H31N3/c1-4-10-17-12-5-7-14(8-13-17)15-9-6-11-16(2)3/h14-15H,4-13H2,1-3H3. The Kier molecular flexibility index (Phi) is 7.82. The first-order valence-corrected chi connectivity index (χ1v) is 7.33. The lowest BCUT2D eigenvalue weighted by Crippen LogP contribution is -2.33. The molecule has 1 rings (SSSR count). The molecule has 0 saturated carbocycles. The molecule has 0 aromatic rings. The van der Waals surface area contributed by atoms with Crippen molar-refractivity contribution in [3.05, 3.63) is 0 Å². The lowest BCUT2D eigenvalue weighted by molar-refractivity contribution is 0.282. The molecular formula is C14H31N3. The van der Waals surface area contributed by atoms with Gasteiger partial charge in [0, 0.05) is 6.04 Å². The van der Waals surface area contributed by atoms with Crippen molar-refractivity contribution in [1.82, 2.24) is 15.1 Å². The highest BCUT2D eigenvalue weighted by Gasteiger charge is 2.15. The van der Waals surface area contributed by atoms with Crippen LogP contribution in [-0.4, -0.2) is 62.7 Å². The number of nitrogens with zero attached hydrogens (tertiary/aromatic N) is 2. The summed E-state index contributed by atoms with van der Waals surface area (Å²) in [4.78, 5) is 4.89. The topological polar surface area (TPSA) is 18.5 Å². The van der Waals surface area contributed by atoms with Crippen LogP contribution >= 0.6 is 0 Å². The van der Waals surface area contributed by atoms with Crippen molar-refractivity contribution in [3.63, 3.8) is 0 Å². The summed E-state index contributed by atoms with van der Waals surface area (Å²) in [5.41, 5.74) is 0. The quantitative estimate of drug-likeness (QED) is 0.686. The normalized spacial score (nSPS) is 22.9. The zero-order chi connectivity index (χ0) is 12.5. The molecule has 0 amide bonds. The van der Waals surface area contributed by atoms with Crippen LogP contribution in [0.5, 0.6) is 0 Å². The third-order valence-electron chi connectivity index (χ3n) is 3.58. The molecule has 1 fully saturated rings. The second-order valence-electron chi connectivity index (χ2n) is 5.58. The molecule has 0 bridgehead atoms. The minimum atomic E-state index is 0.763. The molecule has 1 N–H and O–H groups in total. The van der Waals surface area contributed by atoms with E-state index in [4.69, 9.17) is 0 Å². The van der Waals surface area contributed by atoms with E-state index in [9.17, 15) is 0 Å². The van der Waals surface area contributed by atoms with Crippen LogP contribution in [0.2, 0.25) is 0 Å². The number of hydrogen-bond acceptors (Lipinski definition) is 3. The fraction of sp³-hybridized carbons (Fsp3) is 1.00. The van der Waals surface area contributed by atoms with Crippen molar-refractivity contribution in [2.45, 2.75) is 45.1 Å². The monoisotopic (exact) mass is 241 g/mol. The van der Waals surface area contributed by atoms with Gasteiger partial charge in [-0.15, -0.1) is 0 Å². The second-order valence-corrected chi connectivity index (χ2v) is 5.58. The molecule has 3 nitrogen and oxygen atoms in total. The van der Waals surface area contributed by atoms with E-state index in [-0.39, 0.29) is 0 Å². The van der Waals surface area contributed by atoms with Crippen LogP contribution in [-0.2, 0) is 0 Å². The number of rotatable bonds is 7. The van der Waals surface area contributed by atoms with Crippen LogP contribution in [0.3, 0.4) is 0 Å². The number of nitrogens with one attached hydrogen (secondary N) is 1. The van der Waals surface area contributed by atoms with Crippen LogP contribution in [0, 0.1) is 0 Å². The molecule has 0 aromatic heterocycles. The SMILES string of the molecule is CCCN1CCCC(NCCCN(C)C)CC1. The van der Waals surface area contributed by atoms with Gasteiger partial charge in [-0.3, -0.25) is 0 Å². The lowest BCUT2D eigenvalue weighted by Gasteiger charge is -2.19. The summed E-state index contributed by atoms with van der Waals surface area (Å²) in [5.74, 6) is 0. The molecule has 1 unspecified atom stereocenters. The van der Waals surface area contributed by atoms with Gasteiger partial charge in [-0.2, -0.15) is 0 Å². The molecule has 0 spiro atoms. The van der Waals surface area contributed by atoms with Gasteiger partial charge in [0.15, 0.2) is 0 Å². The van der Waals surface area contributed by atoms with E-state index in [1.54, 1.807) is 0 Å². The van der Waals surface area contributed by atoms with Crippen LogP contribution in [0.25, 0.3) is 0 Å². The third-order valence-corrected chi connectivity index (χ3v) is 3.58. The van der Waals surface area contributed by atoms with Gasteiger partial charge in [-0.05, 0) is 78.9 Å². The molecule has 0 aromatic carbocycles. The molecule has 1 aliphatic heterocycles. The van der Waals surface area contributed by atoms with Crippen molar-refractivity contribution >= 4 is 0 Å². The Morgan fingerprint density at radius 2 is 2.06 bits per heavy atom. The van der Waals surface area contributed by atoms with Crippen LogP contribution in [0.4, 0.5) is 0 Å². The molecular weight excluding hydrogens is 210 g/mol. The van der Waals surface area contributed by atoms with E-state index in [1.165, 1.54) is 64.8 Å². The van der Waals surface area contributed by atoms with E-state index >= 15 is 0 Å². The molecule has 1 aliphatic rings. The molecule has 3 heteroatoms. The number of hydrogen-bond donors (Lipinski definition) is 1. The van der Waals surface area contributed by atoms with Crippen molar-refractivity contribution in [2.24, 2.45) is 0 Å². The summed E-state index contributed by atoms with van der Waals surface area (Å²) in [6, 6.07) is 0.763. The largest absolute Gasteiger partial charge is 0.314 e. The van der Waals surface area contributed by atoms with Crippen LogP contribution in [0.1, 0.15) is 39.0 Å². The highest BCUT2D eigenvalue weighted by molar-refractivity contribution is 4.74. The molecule has 1 saturated heterocycles. The smallest absolute Gasteiger partial charge is 0.00797 e. The van der Waals surface area contributed by atoms with Crippen molar-refractivity contribution in [1.29, 1.82) is 0 Å². The Hall–Kier alpha value is -0.120. The predicted molar refractivity (Wildman–Crippen MR) is 75.5 cm³/mol. The molecule has 1 heterocycles. The maximum absolute atomic E-state index is 3.73. The molecule has 17 heavy (non-hydrogen) atoms. The van der Waals surface area contributed by atoms with Crippen molar-refractivity contribution < 1.29 is 0 Å². The van der Waals surface area contributed by atoms with Gasteiger partial charge in [0.25, 0.3) is 0 Å². The Bertz CT molecular complexity index is 182. The van der Waals surface area contributed by atoms with E-state index in [0.717, 1.165) is 6.04 Å². The average molecular weight is 241 g/mol. The van der Waals surface area contributed by atoms with E-state index < -0.39 is 0 Å². The van der Waals surface area contributed by atoms with E-state index in [1.807, 2.05) is 0 Å². The average Bonchev–Trinajstić information content (AvgIpc) is 2.51. The fourth-order valence-electron chi connectivity index (χ4n) is 2.60. The Labute approximate surface area is 108 Å². The first kappa shape index (κ1) is 14.9. The van der Waals surface area contributed by atoms with Gasteiger partial charge in [0.2, 0.25) is 0 Å². The first-order chi connectivity index (χ1) is 8.22. The van der Waals surface area contributed by atoms with Crippen LogP contribution < -0.4 is 5.32 Å². The maximum Gasteiger partial charge on any atom is 0.00797 e. The Morgan fingerprint density at radius 1 is 1.24 bits per heavy atom. The van der Waals surface area contributed by atoms with Crippen molar-refractivity contribution in [2.75, 3.05) is 46.8 Å². The molecule has 0 radical (unpaired) electrons. The summed E-state index contributed by atoms with van der Waals surface area (Å²) >= 11 is 0. The zero-order valence-electron chi connectivity index (χ0n) is 12.0. The summed E-state index contributed by atoms with van der Waals surface area (Å²) < 4.78 is 0. The minimum Gasteiger partial charge on any atom is -0.314 e. The van der Waals surface area contributed by atoms with Crippen molar-refractivity contribution in [3.8, 4) is 0 Å². The summed E-state index contributed by atoms with van der Waals surface area (Å²) in [5, 5.41) is 3.73. The summed E-state index contributed by atoms with van der Waals surface area (Å²) in [6.45, 7) is 8.54. The Morgan fingerprint density at radius 3 is 2.76 bits per heavy atom. The van der Waals surface area contributed by atoms with Gasteiger partial charge >= 0.3 is 0 Å². The highest BCUT2D eigenvalue weighted by Crippen LogP contribution is 2.11. The van der Waals surface area contributed by atoms with E-state index in [2.05, 4.69) is 36.1 Å². The minimum absolute atomic E-state index is 0.763. The number of likely N-dealkylation sites (tertiary alicyclic amines) is 1. The lowest BCUT2D eigenvalue weighted by atomic mass is 10.1. The van der Waals surface area contributed by atoms with Gasteiger partial charge in [-0.1, -0.05) is 6.92 Å². The molecule has 0 aliphatic carbocycles. The van der Waals surface area contributed by atoms with Gasteiger partial charge in [0.1, 0.15) is 0 Å². The highest BCUT2D eigenvalue weighted by atomic mass is 15.1. The Balaban J connectivity index is 2.09. The molecule has 1 atom stereocenters. The zero-order valence-corrected chi connectivity index (χ0v) is 12.0. The van der Waals surface area contributed by atoms with Gasteiger partial charge in [0.05, 0.1) is 0 Å².